The molecule has 0 aromatic heterocycles. The van der Waals surface area contributed by atoms with Crippen molar-refractivity contribution >= 4 is 17.5 Å². The zero-order valence-electron chi connectivity index (χ0n) is 11.3. The number of carbonyl (C=O) groups excluding carboxylic acids is 1. The first-order valence-corrected chi connectivity index (χ1v) is 7.65. The molecule has 3 rings (SSSR count). The van der Waals surface area contributed by atoms with Crippen molar-refractivity contribution in [2.75, 3.05) is 6.54 Å². The number of rotatable bonds is 2. The van der Waals surface area contributed by atoms with Crippen LogP contribution in [-0.4, -0.2) is 12.5 Å². The summed E-state index contributed by atoms with van der Waals surface area (Å²) in [6.45, 7) is 3.04. The highest BCUT2D eigenvalue weighted by molar-refractivity contribution is 6.21. The quantitative estimate of drug-likeness (QED) is 0.821. The third-order valence-electron chi connectivity index (χ3n) is 4.68. The molecule has 1 aliphatic heterocycles. The average molecular weight is 278 g/mol. The molecule has 3 atom stereocenters. The van der Waals surface area contributed by atoms with Gasteiger partial charge in [-0.15, -0.1) is 11.6 Å². The molecular weight excluding hydrogens is 258 g/mol. The van der Waals surface area contributed by atoms with Crippen LogP contribution in [0.15, 0.2) is 18.2 Å². The highest BCUT2D eigenvalue weighted by atomic mass is 35.5. The molecule has 1 aliphatic carbocycles. The summed E-state index contributed by atoms with van der Waals surface area (Å²) in [7, 11) is 0. The Hall–Kier alpha value is -1.02. The molecule has 0 bridgehead atoms. The highest BCUT2D eigenvalue weighted by Gasteiger charge is 2.31. The minimum absolute atomic E-state index is 0.0394. The van der Waals surface area contributed by atoms with Crippen molar-refractivity contribution in [3.63, 3.8) is 0 Å². The van der Waals surface area contributed by atoms with Crippen molar-refractivity contribution in [1.29, 1.82) is 0 Å². The van der Waals surface area contributed by atoms with Crippen LogP contribution in [0.1, 0.15) is 53.0 Å². The molecule has 1 heterocycles. The van der Waals surface area contributed by atoms with Crippen molar-refractivity contribution in [1.82, 2.24) is 5.32 Å². The van der Waals surface area contributed by atoms with Crippen LogP contribution < -0.4 is 5.32 Å². The maximum absolute atomic E-state index is 11.9. The zero-order chi connectivity index (χ0) is 13.4. The summed E-state index contributed by atoms with van der Waals surface area (Å²) in [6, 6.07) is 6.20. The number of hydrogen-bond acceptors (Lipinski definition) is 1. The van der Waals surface area contributed by atoms with Crippen LogP contribution in [0.3, 0.4) is 0 Å². The molecule has 1 aromatic carbocycles. The molecule has 1 N–H and O–H groups in total. The number of hydrogen-bond donors (Lipinski definition) is 1. The van der Waals surface area contributed by atoms with Crippen LogP contribution in [0.2, 0.25) is 0 Å². The third kappa shape index (κ3) is 2.38. The van der Waals surface area contributed by atoms with E-state index in [0.29, 0.717) is 11.8 Å². The van der Waals surface area contributed by atoms with Crippen molar-refractivity contribution in [3.8, 4) is 0 Å². The monoisotopic (exact) mass is 277 g/mol. The predicted molar refractivity (Wildman–Crippen MR) is 77.6 cm³/mol. The number of carbonyl (C=O) groups is 1. The number of benzene rings is 1. The molecule has 1 aromatic rings. The lowest BCUT2D eigenvalue weighted by atomic mass is 9.88. The van der Waals surface area contributed by atoms with E-state index >= 15 is 0 Å². The maximum Gasteiger partial charge on any atom is 0.251 e. The van der Waals surface area contributed by atoms with Crippen LogP contribution in [0, 0.1) is 11.8 Å². The van der Waals surface area contributed by atoms with Gasteiger partial charge in [-0.3, -0.25) is 4.79 Å². The van der Waals surface area contributed by atoms with Crippen LogP contribution in [0.4, 0.5) is 0 Å². The smallest absolute Gasteiger partial charge is 0.251 e. The van der Waals surface area contributed by atoms with Gasteiger partial charge in [-0.25, -0.2) is 0 Å². The zero-order valence-corrected chi connectivity index (χ0v) is 12.0. The lowest BCUT2D eigenvalue weighted by Crippen LogP contribution is -2.32. The Balaban J connectivity index is 1.89. The molecule has 1 amide bonds. The molecule has 0 spiro atoms. The maximum atomic E-state index is 11.9. The van der Waals surface area contributed by atoms with Crippen molar-refractivity contribution in [2.45, 2.75) is 38.0 Å². The van der Waals surface area contributed by atoms with E-state index in [9.17, 15) is 4.79 Å². The van der Waals surface area contributed by atoms with E-state index in [1.807, 2.05) is 6.07 Å². The molecular formula is C16H20ClNO. The summed E-state index contributed by atoms with van der Waals surface area (Å²) < 4.78 is 0. The van der Waals surface area contributed by atoms with Gasteiger partial charge < -0.3 is 5.32 Å². The van der Waals surface area contributed by atoms with Gasteiger partial charge in [0.15, 0.2) is 0 Å². The topological polar surface area (TPSA) is 29.1 Å². The number of fused-ring (bicyclic) bond motifs is 1. The standard InChI is InChI=1S/C16H20ClNO/c1-10-3-2-4-13(10)15(17)12-6-5-11-7-8-18-16(19)14(11)9-12/h5-6,9-10,13,15H,2-4,7-8H2,1H3,(H,18,19). The van der Waals surface area contributed by atoms with Crippen LogP contribution >= 0.6 is 11.6 Å². The van der Waals surface area contributed by atoms with E-state index in [-0.39, 0.29) is 11.3 Å². The molecule has 1 saturated carbocycles. The van der Waals surface area contributed by atoms with Gasteiger partial charge in [-0.1, -0.05) is 31.9 Å². The Kier molecular flexibility index (Phi) is 3.53. The molecule has 2 aliphatic rings. The first kappa shape index (κ1) is 13.0. The Morgan fingerprint density at radius 1 is 1.37 bits per heavy atom. The molecule has 3 heteroatoms. The van der Waals surface area contributed by atoms with Gasteiger partial charge >= 0.3 is 0 Å². The van der Waals surface area contributed by atoms with Gasteiger partial charge in [0, 0.05) is 12.1 Å². The first-order valence-electron chi connectivity index (χ1n) is 7.22. The summed E-state index contributed by atoms with van der Waals surface area (Å²) in [5, 5.41) is 2.94. The number of halogens is 1. The normalized spacial score (nSPS) is 27.8. The molecule has 0 radical (unpaired) electrons. The van der Waals surface area contributed by atoms with Crippen molar-refractivity contribution in [2.24, 2.45) is 11.8 Å². The SMILES string of the molecule is CC1CCCC1C(Cl)c1ccc2c(c1)C(=O)NCC2. The Labute approximate surface area is 119 Å². The number of alkyl halides is 1. The average Bonchev–Trinajstić information content (AvgIpc) is 2.84. The van der Waals surface area contributed by atoms with Crippen LogP contribution in [0.25, 0.3) is 0 Å². The minimum Gasteiger partial charge on any atom is -0.352 e. The van der Waals surface area contributed by atoms with Gasteiger partial charge in [-0.2, -0.15) is 0 Å². The second kappa shape index (κ2) is 5.16. The predicted octanol–water partition coefficient (Wildman–Crippen LogP) is 3.69. The molecule has 19 heavy (non-hydrogen) atoms. The Bertz CT molecular complexity index is 500. The largest absolute Gasteiger partial charge is 0.352 e. The fraction of sp³-hybridized carbons (Fsp3) is 0.562. The minimum atomic E-state index is 0.0394. The van der Waals surface area contributed by atoms with Gasteiger partial charge in [0.05, 0.1) is 5.38 Å². The second-order valence-electron chi connectivity index (χ2n) is 5.90. The van der Waals surface area contributed by atoms with E-state index < -0.39 is 0 Å². The molecule has 0 saturated heterocycles. The fourth-order valence-corrected chi connectivity index (χ4v) is 3.97. The lowest BCUT2D eigenvalue weighted by molar-refractivity contribution is 0.0946. The summed E-state index contributed by atoms with van der Waals surface area (Å²) >= 11 is 6.67. The van der Waals surface area contributed by atoms with Crippen molar-refractivity contribution in [3.05, 3.63) is 34.9 Å². The summed E-state index contributed by atoms with van der Waals surface area (Å²) in [4.78, 5) is 11.9. The molecule has 1 fully saturated rings. The lowest BCUT2D eigenvalue weighted by Gasteiger charge is -2.24. The highest BCUT2D eigenvalue weighted by Crippen LogP contribution is 2.43. The van der Waals surface area contributed by atoms with Gasteiger partial charge in [-0.05, 0) is 41.9 Å². The summed E-state index contributed by atoms with van der Waals surface area (Å²) in [5.41, 5.74) is 3.08. The van der Waals surface area contributed by atoms with E-state index in [4.69, 9.17) is 11.6 Å². The summed E-state index contributed by atoms with van der Waals surface area (Å²) in [6.07, 6.45) is 4.69. The number of amides is 1. The van der Waals surface area contributed by atoms with E-state index in [0.717, 1.165) is 29.7 Å². The first-order chi connectivity index (χ1) is 9.16. The van der Waals surface area contributed by atoms with E-state index in [2.05, 4.69) is 24.4 Å². The second-order valence-corrected chi connectivity index (χ2v) is 6.37. The third-order valence-corrected chi connectivity index (χ3v) is 5.26. The fourth-order valence-electron chi connectivity index (χ4n) is 3.46. The molecule has 102 valence electrons. The van der Waals surface area contributed by atoms with E-state index in [1.54, 1.807) is 0 Å². The molecule has 3 unspecified atom stereocenters. The van der Waals surface area contributed by atoms with Gasteiger partial charge in [0.1, 0.15) is 0 Å². The van der Waals surface area contributed by atoms with Crippen LogP contribution in [-0.2, 0) is 6.42 Å². The van der Waals surface area contributed by atoms with Gasteiger partial charge in [0.2, 0.25) is 0 Å². The van der Waals surface area contributed by atoms with E-state index in [1.165, 1.54) is 19.3 Å². The Morgan fingerprint density at radius 2 is 2.21 bits per heavy atom. The van der Waals surface area contributed by atoms with Gasteiger partial charge in [0.25, 0.3) is 5.91 Å². The Morgan fingerprint density at radius 3 is 2.95 bits per heavy atom. The number of nitrogens with one attached hydrogen (secondary N) is 1. The van der Waals surface area contributed by atoms with Crippen molar-refractivity contribution < 1.29 is 4.79 Å². The molecule has 2 nitrogen and oxygen atoms in total. The van der Waals surface area contributed by atoms with Crippen LogP contribution in [0.5, 0.6) is 0 Å². The summed E-state index contributed by atoms with van der Waals surface area (Å²) in [5.74, 6) is 1.28.